The molecule has 1 atom stereocenters. The number of nitrogens with zero attached hydrogens (tertiary/aromatic N) is 1. The highest BCUT2D eigenvalue weighted by Gasteiger charge is 2.45. The Morgan fingerprint density at radius 3 is 2.45 bits per heavy atom. The van der Waals surface area contributed by atoms with E-state index in [4.69, 9.17) is 14.2 Å². The Hall–Kier alpha value is -0.160. The minimum atomic E-state index is -0.285. The molecule has 0 amide bonds. The summed E-state index contributed by atoms with van der Waals surface area (Å²) in [5.41, 5.74) is 0.402. The molecule has 0 aromatic heterocycles. The third kappa shape index (κ3) is 4.67. The molecule has 2 fully saturated rings. The Bertz CT molecular complexity index is 332. The molecule has 1 heterocycles. The molecular weight excluding hydrogens is 278 g/mol. The topological polar surface area (TPSA) is 30.9 Å². The van der Waals surface area contributed by atoms with Crippen LogP contribution in [-0.2, 0) is 14.2 Å². The van der Waals surface area contributed by atoms with Crippen LogP contribution >= 0.6 is 0 Å². The zero-order valence-corrected chi connectivity index (χ0v) is 15.2. The second-order valence-electron chi connectivity index (χ2n) is 7.99. The smallest absolute Gasteiger partial charge is 0.168 e. The van der Waals surface area contributed by atoms with Crippen molar-refractivity contribution < 1.29 is 14.2 Å². The average molecular weight is 313 g/mol. The predicted octanol–water partition coefficient (Wildman–Crippen LogP) is 3.30. The first-order valence-electron chi connectivity index (χ1n) is 8.91. The lowest BCUT2D eigenvalue weighted by atomic mass is 9.71. The highest BCUT2D eigenvalue weighted by atomic mass is 16.7. The third-order valence-corrected chi connectivity index (χ3v) is 5.41. The Morgan fingerprint density at radius 1 is 1.23 bits per heavy atom. The van der Waals surface area contributed by atoms with Gasteiger partial charge in [0, 0.05) is 33.0 Å². The van der Waals surface area contributed by atoms with Gasteiger partial charge in [-0.05, 0) is 30.7 Å². The standard InChI is InChI=1S/C18H35NO3/c1-6-19(11-12-20-5)13-16-14-21-18(22-16)9-7-15(8-10-18)17(2,3)4/h15-16H,6-14H2,1-5H3. The van der Waals surface area contributed by atoms with Crippen LogP contribution in [0.15, 0.2) is 0 Å². The first-order valence-corrected chi connectivity index (χ1v) is 8.91. The lowest BCUT2D eigenvalue weighted by Gasteiger charge is -2.41. The van der Waals surface area contributed by atoms with E-state index >= 15 is 0 Å². The van der Waals surface area contributed by atoms with Gasteiger partial charge < -0.3 is 14.2 Å². The van der Waals surface area contributed by atoms with Gasteiger partial charge in [0.25, 0.3) is 0 Å². The lowest BCUT2D eigenvalue weighted by Crippen LogP contribution is -2.40. The van der Waals surface area contributed by atoms with Crippen LogP contribution < -0.4 is 0 Å². The predicted molar refractivity (Wildman–Crippen MR) is 89.0 cm³/mol. The summed E-state index contributed by atoms with van der Waals surface area (Å²) < 4.78 is 17.7. The van der Waals surface area contributed by atoms with Gasteiger partial charge in [-0.25, -0.2) is 0 Å². The summed E-state index contributed by atoms with van der Waals surface area (Å²) in [6.45, 7) is 13.7. The lowest BCUT2D eigenvalue weighted by molar-refractivity contribution is -0.197. The molecule has 1 saturated heterocycles. The first kappa shape index (κ1) is 18.2. The Balaban J connectivity index is 1.80. The van der Waals surface area contributed by atoms with Crippen molar-refractivity contribution in [3.05, 3.63) is 0 Å². The fraction of sp³-hybridized carbons (Fsp3) is 1.00. The van der Waals surface area contributed by atoms with E-state index in [1.807, 2.05) is 0 Å². The van der Waals surface area contributed by atoms with Crippen molar-refractivity contribution in [2.75, 3.05) is 40.0 Å². The van der Waals surface area contributed by atoms with Crippen LogP contribution in [-0.4, -0.2) is 56.7 Å². The quantitative estimate of drug-likeness (QED) is 0.753. The molecule has 1 aliphatic carbocycles. The minimum absolute atomic E-state index is 0.211. The van der Waals surface area contributed by atoms with Crippen molar-refractivity contribution >= 4 is 0 Å². The number of rotatable bonds is 6. The van der Waals surface area contributed by atoms with E-state index in [2.05, 4.69) is 32.6 Å². The number of hydrogen-bond acceptors (Lipinski definition) is 4. The molecule has 22 heavy (non-hydrogen) atoms. The van der Waals surface area contributed by atoms with Gasteiger partial charge in [0.05, 0.1) is 19.3 Å². The monoisotopic (exact) mass is 313 g/mol. The van der Waals surface area contributed by atoms with E-state index in [1.165, 1.54) is 12.8 Å². The molecule has 0 aromatic carbocycles. The summed E-state index contributed by atoms with van der Waals surface area (Å²) in [7, 11) is 1.76. The fourth-order valence-electron chi connectivity index (χ4n) is 3.78. The van der Waals surface area contributed by atoms with Gasteiger partial charge in [0.2, 0.25) is 0 Å². The van der Waals surface area contributed by atoms with Crippen molar-refractivity contribution in [1.82, 2.24) is 4.90 Å². The van der Waals surface area contributed by atoms with Crippen LogP contribution in [0.1, 0.15) is 53.4 Å². The molecule has 0 bridgehead atoms. The Kier molecular flexibility index (Phi) is 6.29. The summed E-state index contributed by atoms with van der Waals surface area (Å²) in [5, 5.41) is 0. The molecule has 4 nitrogen and oxygen atoms in total. The second-order valence-corrected chi connectivity index (χ2v) is 7.99. The van der Waals surface area contributed by atoms with Crippen molar-refractivity contribution in [2.24, 2.45) is 11.3 Å². The van der Waals surface area contributed by atoms with Crippen LogP contribution in [0, 0.1) is 11.3 Å². The molecule has 1 aliphatic heterocycles. The van der Waals surface area contributed by atoms with Crippen LogP contribution in [0.2, 0.25) is 0 Å². The maximum Gasteiger partial charge on any atom is 0.168 e. The van der Waals surface area contributed by atoms with E-state index < -0.39 is 0 Å². The van der Waals surface area contributed by atoms with E-state index in [-0.39, 0.29) is 11.9 Å². The summed E-state index contributed by atoms with van der Waals surface area (Å²) in [6.07, 6.45) is 4.75. The highest BCUT2D eigenvalue weighted by molar-refractivity contribution is 4.89. The minimum Gasteiger partial charge on any atom is -0.383 e. The maximum absolute atomic E-state index is 6.36. The molecule has 2 rings (SSSR count). The molecule has 1 unspecified atom stereocenters. The van der Waals surface area contributed by atoms with Crippen molar-refractivity contribution in [3.8, 4) is 0 Å². The molecule has 0 N–H and O–H groups in total. The van der Waals surface area contributed by atoms with Gasteiger partial charge in [0.15, 0.2) is 5.79 Å². The zero-order valence-electron chi connectivity index (χ0n) is 15.2. The van der Waals surface area contributed by atoms with Gasteiger partial charge in [-0.15, -0.1) is 0 Å². The van der Waals surface area contributed by atoms with Crippen LogP contribution in [0.25, 0.3) is 0 Å². The van der Waals surface area contributed by atoms with Gasteiger partial charge in [-0.3, -0.25) is 4.90 Å². The highest BCUT2D eigenvalue weighted by Crippen LogP contribution is 2.45. The maximum atomic E-state index is 6.36. The fourth-order valence-corrected chi connectivity index (χ4v) is 3.78. The third-order valence-electron chi connectivity index (χ3n) is 5.41. The SMILES string of the molecule is CCN(CCOC)CC1COC2(CCC(C(C)(C)C)CC2)O1. The first-order chi connectivity index (χ1) is 10.4. The zero-order chi connectivity index (χ0) is 16.2. The molecule has 130 valence electrons. The van der Waals surface area contributed by atoms with Crippen molar-refractivity contribution in [2.45, 2.75) is 65.3 Å². The molecule has 0 aromatic rings. The van der Waals surface area contributed by atoms with Crippen molar-refractivity contribution in [3.63, 3.8) is 0 Å². The Labute approximate surface area is 136 Å². The van der Waals surface area contributed by atoms with Crippen LogP contribution in [0.3, 0.4) is 0 Å². The largest absolute Gasteiger partial charge is 0.383 e. The van der Waals surface area contributed by atoms with Crippen LogP contribution in [0.5, 0.6) is 0 Å². The summed E-state index contributed by atoms with van der Waals surface area (Å²) in [4.78, 5) is 2.39. The van der Waals surface area contributed by atoms with Gasteiger partial charge >= 0.3 is 0 Å². The Morgan fingerprint density at radius 2 is 1.91 bits per heavy atom. The number of ether oxygens (including phenoxy) is 3. The molecule has 0 radical (unpaired) electrons. The second kappa shape index (κ2) is 7.61. The van der Waals surface area contributed by atoms with Crippen LogP contribution in [0.4, 0.5) is 0 Å². The van der Waals surface area contributed by atoms with Crippen molar-refractivity contribution in [1.29, 1.82) is 0 Å². The van der Waals surface area contributed by atoms with Gasteiger partial charge in [-0.2, -0.15) is 0 Å². The number of methoxy groups -OCH3 is 1. The van der Waals surface area contributed by atoms with E-state index in [9.17, 15) is 0 Å². The van der Waals surface area contributed by atoms with Gasteiger partial charge in [0.1, 0.15) is 0 Å². The number of likely N-dealkylation sites (N-methyl/N-ethyl adjacent to an activating group) is 1. The summed E-state index contributed by atoms with van der Waals surface area (Å²) in [6, 6.07) is 0. The van der Waals surface area contributed by atoms with Gasteiger partial charge in [-0.1, -0.05) is 27.7 Å². The van der Waals surface area contributed by atoms with E-state index in [0.29, 0.717) is 5.41 Å². The molecule has 1 spiro atoms. The number of hydrogen-bond donors (Lipinski definition) is 0. The van der Waals surface area contributed by atoms with E-state index in [1.54, 1.807) is 7.11 Å². The molecule has 2 aliphatic rings. The average Bonchev–Trinajstić information content (AvgIpc) is 2.85. The molecular formula is C18H35NO3. The normalized spacial score (nSPS) is 33.0. The summed E-state index contributed by atoms with van der Waals surface area (Å²) >= 11 is 0. The molecule has 4 heteroatoms. The summed E-state index contributed by atoms with van der Waals surface area (Å²) in [5.74, 6) is 0.505. The van der Waals surface area contributed by atoms with E-state index in [0.717, 1.165) is 51.6 Å². The molecule has 1 saturated carbocycles.